The van der Waals surface area contributed by atoms with Gasteiger partial charge in [0, 0.05) is 5.56 Å². The summed E-state index contributed by atoms with van der Waals surface area (Å²) in [5, 5.41) is 19.1. The lowest BCUT2D eigenvalue weighted by Crippen LogP contribution is -2.01. The monoisotopic (exact) mass is 249 g/mol. The molecule has 0 radical (unpaired) electrons. The van der Waals surface area contributed by atoms with Crippen LogP contribution in [0, 0.1) is 11.3 Å². The Labute approximate surface area is 111 Å². The molecule has 0 aliphatic carbocycles. The molecule has 2 aromatic carbocycles. The highest BCUT2D eigenvalue weighted by molar-refractivity contribution is 5.92. The number of nitriles is 1. The van der Waals surface area contributed by atoms with Crippen LogP contribution in [-0.2, 0) is 4.79 Å². The molecule has 1 atom stereocenters. The van der Waals surface area contributed by atoms with Gasteiger partial charge in [-0.25, -0.2) is 4.79 Å². The first kappa shape index (κ1) is 12.6. The zero-order valence-corrected chi connectivity index (χ0v) is 10.1. The van der Waals surface area contributed by atoms with Crippen LogP contribution in [0.5, 0.6) is 5.75 Å². The van der Waals surface area contributed by atoms with Crippen LogP contribution in [0.1, 0.15) is 17.0 Å². The number of benzene rings is 2. The van der Waals surface area contributed by atoms with Crippen LogP contribution in [0.4, 0.5) is 0 Å². The number of carbonyl (C=O) groups excluding carboxylic acids is 1. The van der Waals surface area contributed by atoms with Gasteiger partial charge in [0.2, 0.25) is 0 Å². The lowest BCUT2D eigenvalue weighted by Gasteiger charge is -2.12. The van der Waals surface area contributed by atoms with Crippen LogP contribution in [0.2, 0.25) is 0 Å². The number of phenolic OH excluding ortho intramolecular Hbond substituents is 1. The minimum Gasteiger partial charge on any atom is -0.508 e. The first-order valence-electron chi connectivity index (χ1n) is 5.76. The summed E-state index contributed by atoms with van der Waals surface area (Å²) in [7, 11) is 0. The molecule has 0 fully saturated rings. The van der Waals surface area contributed by atoms with Gasteiger partial charge in [-0.3, -0.25) is 0 Å². The first-order valence-corrected chi connectivity index (χ1v) is 5.76. The van der Waals surface area contributed by atoms with E-state index in [1.165, 1.54) is 6.07 Å². The third kappa shape index (κ3) is 2.55. The highest BCUT2D eigenvalue weighted by Gasteiger charge is 2.21. The number of para-hydroxylation sites is 1. The zero-order chi connectivity index (χ0) is 13.7. The van der Waals surface area contributed by atoms with Crippen molar-refractivity contribution in [1.82, 2.24) is 0 Å². The van der Waals surface area contributed by atoms with E-state index in [1.807, 2.05) is 18.1 Å². The molecule has 0 aliphatic rings. The number of aromatic hydroxyl groups is 1. The summed E-state index contributed by atoms with van der Waals surface area (Å²) in [5.74, 6) is 0.994. The molecule has 0 unspecified atom stereocenters. The van der Waals surface area contributed by atoms with E-state index in [-0.39, 0.29) is 11.3 Å². The van der Waals surface area contributed by atoms with Gasteiger partial charge in [0.15, 0.2) is 0 Å². The summed E-state index contributed by atoms with van der Waals surface area (Å²) in [6.45, 7) is 0. The summed E-state index contributed by atoms with van der Waals surface area (Å²) in [6, 6.07) is 17.4. The quantitative estimate of drug-likeness (QED) is 0.851. The molecular weight excluding hydrogens is 238 g/mol. The van der Waals surface area contributed by atoms with E-state index < -0.39 is 5.92 Å². The highest BCUT2D eigenvalue weighted by Crippen LogP contribution is 2.34. The molecule has 0 heterocycles. The summed E-state index contributed by atoms with van der Waals surface area (Å²) < 4.78 is 0. The molecule has 3 nitrogen and oxygen atoms in total. The molecule has 92 valence electrons. The molecule has 2 rings (SSSR count). The van der Waals surface area contributed by atoms with Crippen molar-refractivity contribution in [1.29, 1.82) is 5.26 Å². The fraction of sp³-hybridized carbons (Fsp3) is 0.0625. The number of phenols is 1. The Balaban J connectivity index is 2.52. The predicted octanol–water partition coefficient (Wildman–Crippen LogP) is 2.91. The van der Waals surface area contributed by atoms with E-state index >= 15 is 0 Å². The predicted molar refractivity (Wildman–Crippen MR) is 72.0 cm³/mol. The largest absolute Gasteiger partial charge is 0.508 e. The second-order valence-corrected chi connectivity index (χ2v) is 4.00. The van der Waals surface area contributed by atoms with Gasteiger partial charge in [0.1, 0.15) is 17.6 Å². The minimum absolute atomic E-state index is 0.00210. The number of rotatable bonds is 3. The SMILES string of the molecule is N#C[C@H](C(=C=O)c1ccccc1)c1ccccc1O. The van der Waals surface area contributed by atoms with E-state index in [0.29, 0.717) is 11.1 Å². The van der Waals surface area contributed by atoms with Gasteiger partial charge < -0.3 is 5.11 Å². The number of hydrogen-bond donors (Lipinski definition) is 1. The van der Waals surface area contributed by atoms with Gasteiger partial charge in [0.05, 0.1) is 11.6 Å². The van der Waals surface area contributed by atoms with E-state index in [0.717, 1.165) is 0 Å². The number of nitrogens with zero attached hydrogens (tertiary/aromatic N) is 1. The van der Waals surface area contributed by atoms with Gasteiger partial charge >= 0.3 is 0 Å². The van der Waals surface area contributed by atoms with Crippen molar-refractivity contribution in [2.75, 3.05) is 0 Å². The summed E-state index contributed by atoms with van der Waals surface area (Å²) in [5.41, 5.74) is 1.27. The van der Waals surface area contributed by atoms with Crippen molar-refractivity contribution >= 4 is 11.5 Å². The molecule has 2 aromatic rings. The lowest BCUT2D eigenvalue weighted by atomic mass is 9.88. The van der Waals surface area contributed by atoms with Crippen LogP contribution in [-0.4, -0.2) is 11.0 Å². The third-order valence-electron chi connectivity index (χ3n) is 2.86. The highest BCUT2D eigenvalue weighted by atomic mass is 16.3. The third-order valence-corrected chi connectivity index (χ3v) is 2.86. The topological polar surface area (TPSA) is 61.1 Å². The molecular formula is C16H11NO2. The molecule has 0 bridgehead atoms. The second kappa shape index (κ2) is 5.68. The Bertz CT molecular complexity index is 665. The average Bonchev–Trinajstić information content (AvgIpc) is 2.46. The maximum absolute atomic E-state index is 11.2. The molecule has 0 amide bonds. The van der Waals surface area contributed by atoms with Crippen LogP contribution in [0.25, 0.3) is 5.57 Å². The summed E-state index contributed by atoms with van der Waals surface area (Å²) >= 11 is 0. The Morgan fingerprint density at radius 1 is 1.05 bits per heavy atom. The van der Waals surface area contributed by atoms with Crippen molar-refractivity contribution < 1.29 is 9.90 Å². The summed E-state index contributed by atoms with van der Waals surface area (Å²) in [4.78, 5) is 11.2. The lowest BCUT2D eigenvalue weighted by molar-refractivity contribution is 0.468. The van der Waals surface area contributed by atoms with E-state index in [9.17, 15) is 15.2 Å². The zero-order valence-electron chi connectivity index (χ0n) is 10.1. The normalized spacial score (nSPS) is 11.1. The average molecular weight is 249 g/mol. The van der Waals surface area contributed by atoms with E-state index in [2.05, 4.69) is 0 Å². The van der Waals surface area contributed by atoms with Gasteiger partial charge in [-0.05, 0) is 11.6 Å². The molecule has 0 aliphatic heterocycles. The van der Waals surface area contributed by atoms with E-state index in [1.54, 1.807) is 42.5 Å². The molecule has 1 N–H and O–H groups in total. The van der Waals surface area contributed by atoms with Gasteiger partial charge in [-0.2, -0.15) is 5.26 Å². The molecule has 19 heavy (non-hydrogen) atoms. The molecule has 0 spiro atoms. The smallest absolute Gasteiger partial charge is 0.130 e. The van der Waals surface area contributed by atoms with Gasteiger partial charge in [-0.1, -0.05) is 48.5 Å². The maximum atomic E-state index is 11.2. The van der Waals surface area contributed by atoms with Crippen molar-refractivity contribution in [3.63, 3.8) is 0 Å². The Morgan fingerprint density at radius 3 is 2.26 bits per heavy atom. The van der Waals surface area contributed by atoms with Crippen LogP contribution in [0.15, 0.2) is 54.6 Å². The Hall–Kier alpha value is -2.82. The fourth-order valence-electron chi connectivity index (χ4n) is 1.92. The second-order valence-electron chi connectivity index (χ2n) is 4.00. The van der Waals surface area contributed by atoms with Crippen molar-refractivity contribution in [3.8, 4) is 11.8 Å². The molecule has 0 aromatic heterocycles. The fourth-order valence-corrected chi connectivity index (χ4v) is 1.92. The van der Waals surface area contributed by atoms with Crippen LogP contribution in [0.3, 0.4) is 0 Å². The van der Waals surface area contributed by atoms with Crippen LogP contribution < -0.4 is 0 Å². The summed E-state index contributed by atoms with van der Waals surface area (Å²) in [6.07, 6.45) is 0. The van der Waals surface area contributed by atoms with Crippen molar-refractivity contribution in [2.45, 2.75) is 5.92 Å². The van der Waals surface area contributed by atoms with Gasteiger partial charge in [-0.15, -0.1) is 0 Å². The minimum atomic E-state index is -0.832. The van der Waals surface area contributed by atoms with Gasteiger partial charge in [0.25, 0.3) is 0 Å². The van der Waals surface area contributed by atoms with Crippen molar-refractivity contribution in [2.24, 2.45) is 0 Å². The number of allylic oxidation sites excluding steroid dienone is 1. The maximum Gasteiger partial charge on any atom is 0.130 e. The standard InChI is InChI=1S/C16H11NO2/c17-10-14(13-8-4-5-9-16(13)19)15(11-18)12-6-2-1-3-7-12/h1-9,14,19H/t14-/m0/s1. The van der Waals surface area contributed by atoms with Crippen LogP contribution >= 0.6 is 0 Å². The first-order chi connectivity index (χ1) is 9.27. The Kier molecular flexibility index (Phi) is 3.78. The molecule has 3 heteroatoms. The van der Waals surface area contributed by atoms with Crippen molar-refractivity contribution in [3.05, 3.63) is 65.7 Å². The molecule has 0 saturated carbocycles. The number of hydrogen-bond acceptors (Lipinski definition) is 3. The van der Waals surface area contributed by atoms with E-state index in [4.69, 9.17) is 0 Å². The Morgan fingerprint density at radius 2 is 1.68 bits per heavy atom. The molecule has 0 saturated heterocycles.